The lowest BCUT2D eigenvalue weighted by molar-refractivity contribution is -0.137. The van der Waals surface area contributed by atoms with Gasteiger partial charge in [-0.25, -0.2) is 0 Å². The molecule has 0 radical (unpaired) electrons. The molecule has 0 saturated carbocycles. The fraction of sp³-hybridized carbons (Fsp3) is 0.857. The van der Waals surface area contributed by atoms with Crippen LogP contribution in [0.1, 0.15) is 40.0 Å². The molecule has 0 aromatic heterocycles. The number of carbonyl (C=O) groups is 2. The second-order valence-corrected chi connectivity index (χ2v) is 5.55. The molecule has 1 aliphatic heterocycles. The Labute approximate surface area is 115 Å². The summed E-state index contributed by atoms with van der Waals surface area (Å²) in [5.41, 5.74) is 0. The second kappa shape index (κ2) is 7.48. The predicted molar refractivity (Wildman–Crippen MR) is 73.7 cm³/mol. The summed E-state index contributed by atoms with van der Waals surface area (Å²) in [4.78, 5) is 26.1. The number of amides is 2. The highest BCUT2D eigenvalue weighted by Gasteiger charge is 2.33. The molecule has 0 bridgehead atoms. The third-order valence-electron chi connectivity index (χ3n) is 3.47. The van der Waals surface area contributed by atoms with Gasteiger partial charge in [0.2, 0.25) is 11.8 Å². The normalized spacial score (nSPS) is 22.4. The van der Waals surface area contributed by atoms with E-state index in [1.165, 1.54) is 0 Å². The Morgan fingerprint density at radius 3 is 2.63 bits per heavy atom. The largest absolute Gasteiger partial charge is 0.383 e. The van der Waals surface area contributed by atoms with Crippen LogP contribution in [-0.4, -0.2) is 49.1 Å². The zero-order valence-electron chi connectivity index (χ0n) is 12.4. The summed E-state index contributed by atoms with van der Waals surface area (Å²) >= 11 is 0. The van der Waals surface area contributed by atoms with Crippen LogP contribution >= 0.6 is 0 Å². The van der Waals surface area contributed by atoms with Crippen molar-refractivity contribution in [2.24, 2.45) is 5.92 Å². The minimum absolute atomic E-state index is 0.0310. The van der Waals surface area contributed by atoms with Gasteiger partial charge in [-0.3, -0.25) is 9.59 Å². The lowest BCUT2D eigenvalue weighted by Gasteiger charge is -2.31. The van der Waals surface area contributed by atoms with Gasteiger partial charge in [-0.05, 0) is 18.8 Å². The van der Waals surface area contributed by atoms with Gasteiger partial charge >= 0.3 is 0 Å². The summed E-state index contributed by atoms with van der Waals surface area (Å²) < 4.78 is 5.18. The number of methoxy groups -OCH3 is 1. The number of nitrogens with zero attached hydrogens (tertiary/aromatic N) is 1. The van der Waals surface area contributed by atoms with Crippen molar-refractivity contribution in [3.05, 3.63) is 0 Å². The molecule has 1 heterocycles. The van der Waals surface area contributed by atoms with Crippen molar-refractivity contribution in [1.29, 1.82) is 0 Å². The number of nitrogens with one attached hydrogen (secondary N) is 1. The van der Waals surface area contributed by atoms with Gasteiger partial charge in [-0.1, -0.05) is 20.8 Å². The van der Waals surface area contributed by atoms with Crippen LogP contribution in [0, 0.1) is 5.92 Å². The van der Waals surface area contributed by atoms with Crippen molar-refractivity contribution in [3.8, 4) is 0 Å². The summed E-state index contributed by atoms with van der Waals surface area (Å²) in [7, 11) is 1.64. The molecule has 2 amide bonds. The van der Waals surface area contributed by atoms with E-state index in [4.69, 9.17) is 4.74 Å². The topological polar surface area (TPSA) is 58.6 Å². The summed E-state index contributed by atoms with van der Waals surface area (Å²) in [6.07, 6.45) is 1.90. The lowest BCUT2D eigenvalue weighted by Crippen LogP contribution is -2.50. The first-order valence-electron chi connectivity index (χ1n) is 7.08. The predicted octanol–water partition coefficient (Wildman–Crippen LogP) is 1.17. The Bertz CT molecular complexity index is 318. The van der Waals surface area contributed by atoms with Crippen LogP contribution in [0.15, 0.2) is 0 Å². The Morgan fingerprint density at radius 2 is 2.11 bits per heavy atom. The van der Waals surface area contributed by atoms with Gasteiger partial charge in [0.25, 0.3) is 0 Å². The third kappa shape index (κ3) is 4.49. The maximum atomic E-state index is 12.6. The van der Waals surface area contributed by atoms with Crippen molar-refractivity contribution in [2.75, 3.05) is 20.3 Å². The molecule has 1 N–H and O–H groups in total. The Morgan fingerprint density at radius 1 is 1.42 bits per heavy atom. The highest BCUT2D eigenvalue weighted by Crippen LogP contribution is 2.15. The van der Waals surface area contributed by atoms with E-state index in [1.807, 2.05) is 11.8 Å². The van der Waals surface area contributed by atoms with Crippen LogP contribution in [0.3, 0.4) is 0 Å². The Hall–Kier alpha value is -1.10. The molecule has 1 saturated heterocycles. The number of hydrogen-bond acceptors (Lipinski definition) is 3. The zero-order valence-corrected chi connectivity index (χ0v) is 12.4. The average molecular weight is 270 g/mol. The molecule has 0 aliphatic carbocycles. The molecule has 1 rings (SSSR count). The molecule has 0 aromatic rings. The molecule has 5 heteroatoms. The van der Waals surface area contributed by atoms with Crippen molar-refractivity contribution in [2.45, 2.75) is 52.1 Å². The number of carbonyl (C=O) groups excluding carboxylic acids is 2. The van der Waals surface area contributed by atoms with E-state index in [9.17, 15) is 9.59 Å². The smallest absolute Gasteiger partial charge is 0.245 e. The summed E-state index contributed by atoms with van der Waals surface area (Å²) in [5.74, 6) is 0.369. The van der Waals surface area contributed by atoms with Gasteiger partial charge in [-0.15, -0.1) is 0 Å². The van der Waals surface area contributed by atoms with E-state index in [0.29, 0.717) is 31.9 Å². The molecule has 2 unspecified atom stereocenters. The van der Waals surface area contributed by atoms with Crippen LogP contribution in [0.2, 0.25) is 0 Å². The number of rotatable bonds is 6. The van der Waals surface area contributed by atoms with Crippen molar-refractivity contribution < 1.29 is 14.3 Å². The average Bonchev–Trinajstić information content (AvgIpc) is 2.47. The van der Waals surface area contributed by atoms with E-state index in [1.54, 1.807) is 7.11 Å². The van der Waals surface area contributed by atoms with E-state index < -0.39 is 0 Å². The molecule has 1 fully saturated rings. The van der Waals surface area contributed by atoms with Crippen LogP contribution in [0.4, 0.5) is 0 Å². The van der Waals surface area contributed by atoms with Crippen molar-refractivity contribution in [1.82, 2.24) is 10.2 Å². The molecule has 5 nitrogen and oxygen atoms in total. The van der Waals surface area contributed by atoms with Crippen LogP contribution < -0.4 is 5.32 Å². The maximum Gasteiger partial charge on any atom is 0.245 e. The standard InChI is InChI=1S/C14H26N2O3/c1-5-11(9-19-4)16-7-6-13(17)15-12(14(16)18)8-10(2)3/h10-12H,5-9H2,1-4H3,(H,15,17). The molecule has 0 spiro atoms. The van der Waals surface area contributed by atoms with E-state index in [0.717, 1.165) is 6.42 Å². The fourth-order valence-electron chi connectivity index (χ4n) is 2.47. The van der Waals surface area contributed by atoms with Gasteiger partial charge in [-0.2, -0.15) is 0 Å². The molecule has 2 atom stereocenters. The quantitative estimate of drug-likeness (QED) is 0.788. The molecule has 0 aromatic carbocycles. The summed E-state index contributed by atoms with van der Waals surface area (Å²) in [6, 6.07) is -0.333. The highest BCUT2D eigenvalue weighted by molar-refractivity contribution is 5.90. The summed E-state index contributed by atoms with van der Waals surface area (Å²) in [5, 5.41) is 2.84. The second-order valence-electron chi connectivity index (χ2n) is 5.55. The van der Waals surface area contributed by atoms with Crippen LogP contribution in [-0.2, 0) is 14.3 Å². The lowest BCUT2D eigenvalue weighted by atomic mass is 10.0. The first kappa shape index (κ1) is 16.0. The van der Waals surface area contributed by atoms with Crippen molar-refractivity contribution in [3.63, 3.8) is 0 Å². The highest BCUT2D eigenvalue weighted by atomic mass is 16.5. The zero-order chi connectivity index (χ0) is 14.4. The van der Waals surface area contributed by atoms with E-state index in [2.05, 4.69) is 19.2 Å². The van der Waals surface area contributed by atoms with Crippen LogP contribution in [0.25, 0.3) is 0 Å². The van der Waals surface area contributed by atoms with Crippen LogP contribution in [0.5, 0.6) is 0 Å². The third-order valence-corrected chi connectivity index (χ3v) is 3.47. The van der Waals surface area contributed by atoms with E-state index >= 15 is 0 Å². The first-order chi connectivity index (χ1) is 8.99. The number of ether oxygens (including phenoxy) is 1. The minimum atomic E-state index is -0.388. The van der Waals surface area contributed by atoms with Gasteiger partial charge in [0, 0.05) is 20.1 Å². The Kier molecular flexibility index (Phi) is 6.28. The maximum absolute atomic E-state index is 12.6. The Balaban J connectivity index is 2.84. The molecule has 1 aliphatic rings. The molecule has 19 heavy (non-hydrogen) atoms. The molecular formula is C14H26N2O3. The summed E-state index contributed by atoms with van der Waals surface area (Å²) in [6.45, 7) is 7.16. The van der Waals surface area contributed by atoms with Gasteiger partial charge in [0.15, 0.2) is 0 Å². The molecular weight excluding hydrogens is 244 g/mol. The van der Waals surface area contributed by atoms with Gasteiger partial charge in [0.1, 0.15) is 6.04 Å². The molecule has 110 valence electrons. The SMILES string of the molecule is CCC(COC)N1CCC(=O)NC(CC(C)C)C1=O. The van der Waals surface area contributed by atoms with E-state index in [-0.39, 0.29) is 23.9 Å². The minimum Gasteiger partial charge on any atom is -0.383 e. The number of hydrogen-bond donors (Lipinski definition) is 1. The van der Waals surface area contributed by atoms with Gasteiger partial charge < -0.3 is 15.0 Å². The van der Waals surface area contributed by atoms with Gasteiger partial charge in [0.05, 0.1) is 12.6 Å². The monoisotopic (exact) mass is 270 g/mol. The van der Waals surface area contributed by atoms with Crippen molar-refractivity contribution >= 4 is 11.8 Å². The fourth-order valence-corrected chi connectivity index (χ4v) is 2.47. The first-order valence-corrected chi connectivity index (χ1v) is 7.08.